The first-order chi connectivity index (χ1) is 8.63. The van der Waals surface area contributed by atoms with Crippen molar-refractivity contribution in [2.45, 2.75) is 26.3 Å². The summed E-state index contributed by atoms with van der Waals surface area (Å²) in [5.74, 6) is -0.000193. The largest absolute Gasteiger partial charge is 0.382 e. The third-order valence-electron chi connectivity index (χ3n) is 2.67. The van der Waals surface area contributed by atoms with E-state index < -0.39 is 0 Å². The highest BCUT2D eigenvalue weighted by molar-refractivity contribution is 7.09. The van der Waals surface area contributed by atoms with Gasteiger partial charge in [0.05, 0.1) is 6.04 Å². The molecule has 0 radical (unpaired) electrons. The van der Waals surface area contributed by atoms with Gasteiger partial charge in [-0.2, -0.15) is 5.10 Å². The number of nitrogen functional groups attached to an aromatic ring is 1. The average molecular weight is 265 g/mol. The summed E-state index contributed by atoms with van der Waals surface area (Å²) in [7, 11) is 0. The Labute approximate surface area is 109 Å². The van der Waals surface area contributed by atoms with E-state index in [2.05, 4.69) is 20.5 Å². The third kappa shape index (κ3) is 2.35. The summed E-state index contributed by atoms with van der Waals surface area (Å²) in [6, 6.07) is -0.0915. The van der Waals surface area contributed by atoms with Gasteiger partial charge in [-0.3, -0.25) is 9.89 Å². The SMILES string of the molecule is CCC(NC(=O)c1c(N)n[nH]c1C)c1nccs1. The van der Waals surface area contributed by atoms with Crippen molar-refractivity contribution in [1.82, 2.24) is 20.5 Å². The molecule has 1 atom stereocenters. The molecule has 2 aromatic rings. The second-order valence-electron chi connectivity index (χ2n) is 3.91. The molecule has 2 rings (SSSR count). The van der Waals surface area contributed by atoms with Gasteiger partial charge in [0, 0.05) is 17.3 Å². The molecule has 0 aliphatic rings. The van der Waals surface area contributed by atoms with Crippen LogP contribution in [0.5, 0.6) is 0 Å². The second-order valence-corrected chi connectivity index (χ2v) is 4.84. The molecule has 1 amide bonds. The van der Waals surface area contributed by atoms with E-state index in [4.69, 9.17) is 5.73 Å². The van der Waals surface area contributed by atoms with E-state index >= 15 is 0 Å². The highest BCUT2D eigenvalue weighted by Gasteiger charge is 2.20. The molecule has 18 heavy (non-hydrogen) atoms. The van der Waals surface area contributed by atoms with Gasteiger partial charge in [-0.25, -0.2) is 4.98 Å². The van der Waals surface area contributed by atoms with Gasteiger partial charge in [0.15, 0.2) is 5.82 Å². The van der Waals surface area contributed by atoms with Crippen molar-refractivity contribution >= 4 is 23.1 Å². The molecule has 0 aliphatic carbocycles. The Morgan fingerprint density at radius 2 is 2.44 bits per heavy atom. The van der Waals surface area contributed by atoms with Crippen molar-refractivity contribution in [2.75, 3.05) is 5.73 Å². The Morgan fingerprint density at radius 1 is 1.67 bits per heavy atom. The van der Waals surface area contributed by atoms with E-state index in [0.717, 1.165) is 11.4 Å². The van der Waals surface area contributed by atoms with Gasteiger partial charge in [0.2, 0.25) is 0 Å². The number of H-pyrrole nitrogens is 1. The highest BCUT2D eigenvalue weighted by Crippen LogP contribution is 2.20. The zero-order chi connectivity index (χ0) is 13.1. The summed E-state index contributed by atoms with van der Waals surface area (Å²) in [5, 5.41) is 12.2. The summed E-state index contributed by atoms with van der Waals surface area (Å²) < 4.78 is 0. The molecular weight excluding hydrogens is 250 g/mol. The van der Waals surface area contributed by atoms with E-state index in [0.29, 0.717) is 11.3 Å². The summed E-state index contributed by atoms with van der Waals surface area (Å²) >= 11 is 1.52. The number of nitrogens with zero attached hydrogens (tertiary/aromatic N) is 2. The van der Waals surface area contributed by atoms with Gasteiger partial charge in [-0.05, 0) is 13.3 Å². The molecule has 0 saturated heterocycles. The number of rotatable bonds is 4. The van der Waals surface area contributed by atoms with Crippen LogP contribution in [0.4, 0.5) is 5.82 Å². The lowest BCUT2D eigenvalue weighted by Crippen LogP contribution is -2.28. The van der Waals surface area contributed by atoms with Crippen LogP contribution in [-0.4, -0.2) is 21.1 Å². The van der Waals surface area contributed by atoms with Crippen LogP contribution < -0.4 is 11.1 Å². The molecule has 0 bridgehead atoms. The van der Waals surface area contributed by atoms with E-state index in [1.807, 2.05) is 12.3 Å². The number of anilines is 1. The van der Waals surface area contributed by atoms with E-state index in [-0.39, 0.29) is 17.8 Å². The van der Waals surface area contributed by atoms with Crippen molar-refractivity contribution in [3.63, 3.8) is 0 Å². The maximum absolute atomic E-state index is 12.1. The number of amides is 1. The van der Waals surface area contributed by atoms with E-state index in [1.165, 1.54) is 11.3 Å². The van der Waals surface area contributed by atoms with E-state index in [1.54, 1.807) is 13.1 Å². The van der Waals surface area contributed by atoms with Crippen LogP contribution in [0, 0.1) is 6.92 Å². The van der Waals surface area contributed by atoms with Gasteiger partial charge in [-0.15, -0.1) is 11.3 Å². The first-order valence-electron chi connectivity index (χ1n) is 5.64. The summed E-state index contributed by atoms with van der Waals surface area (Å²) in [5.41, 5.74) is 6.74. The average Bonchev–Trinajstić information content (AvgIpc) is 2.96. The normalized spacial score (nSPS) is 12.3. The summed E-state index contributed by atoms with van der Waals surface area (Å²) in [6.45, 7) is 3.76. The number of nitrogens with two attached hydrogens (primary N) is 1. The molecule has 4 N–H and O–H groups in total. The highest BCUT2D eigenvalue weighted by atomic mass is 32.1. The minimum absolute atomic E-state index is 0.0915. The lowest BCUT2D eigenvalue weighted by atomic mass is 10.2. The number of aromatic amines is 1. The van der Waals surface area contributed by atoms with Crippen molar-refractivity contribution in [3.05, 3.63) is 27.8 Å². The lowest BCUT2D eigenvalue weighted by Gasteiger charge is -2.14. The minimum atomic E-state index is -0.221. The minimum Gasteiger partial charge on any atom is -0.382 e. The second kappa shape index (κ2) is 5.18. The Hall–Kier alpha value is -1.89. The van der Waals surface area contributed by atoms with Crippen LogP contribution in [0.3, 0.4) is 0 Å². The monoisotopic (exact) mass is 265 g/mol. The van der Waals surface area contributed by atoms with Crippen LogP contribution >= 0.6 is 11.3 Å². The van der Waals surface area contributed by atoms with Gasteiger partial charge in [0.1, 0.15) is 10.6 Å². The summed E-state index contributed by atoms with van der Waals surface area (Å²) in [6.07, 6.45) is 2.50. The molecule has 0 saturated carbocycles. The van der Waals surface area contributed by atoms with Gasteiger partial charge in [-0.1, -0.05) is 6.92 Å². The van der Waals surface area contributed by atoms with Crippen molar-refractivity contribution < 1.29 is 4.79 Å². The smallest absolute Gasteiger partial charge is 0.257 e. The van der Waals surface area contributed by atoms with Crippen LogP contribution in [0.25, 0.3) is 0 Å². The van der Waals surface area contributed by atoms with Crippen LogP contribution in [0.15, 0.2) is 11.6 Å². The fourth-order valence-corrected chi connectivity index (χ4v) is 2.48. The van der Waals surface area contributed by atoms with Gasteiger partial charge >= 0.3 is 0 Å². The standard InChI is InChI=1S/C11H15N5OS/c1-3-7(11-13-4-5-18-11)14-10(17)8-6(2)15-16-9(8)12/h4-5,7H,3H2,1-2H3,(H,14,17)(H3,12,15,16). The first-order valence-corrected chi connectivity index (χ1v) is 6.52. The topological polar surface area (TPSA) is 96.7 Å². The quantitative estimate of drug-likeness (QED) is 0.782. The number of aromatic nitrogens is 3. The molecule has 1 unspecified atom stereocenters. The molecule has 0 spiro atoms. The third-order valence-corrected chi connectivity index (χ3v) is 3.55. The number of hydrogen-bond donors (Lipinski definition) is 3. The predicted octanol–water partition coefficient (Wildman–Crippen LogP) is 1.64. The van der Waals surface area contributed by atoms with Crippen LogP contribution in [0.2, 0.25) is 0 Å². The Morgan fingerprint density at radius 3 is 2.94 bits per heavy atom. The number of nitrogens with one attached hydrogen (secondary N) is 2. The molecule has 96 valence electrons. The van der Waals surface area contributed by atoms with Crippen molar-refractivity contribution in [2.24, 2.45) is 0 Å². The molecule has 2 aromatic heterocycles. The molecular formula is C11H15N5OS. The molecule has 0 aliphatic heterocycles. The molecule has 0 fully saturated rings. The number of carbonyl (C=O) groups excluding carboxylic acids is 1. The van der Waals surface area contributed by atoms with Crippen LogP contribution in [0.1, 0.15) is 40.4 Å². The Kier molecular flexibility index (Phi) is 3.61. The van der Waals surface area contributed by atoms with Gasteiger partial charge < -0.3 is 11.1 Å². The number of aryl methyl sites for hydroxylation is 1. The van der Waals surface area contributed by atoms with Gasteiger partial charge in [0.25, 0.3) is 5.91 Å². The van der Waals surface area contributed by atoms with E-state index in [9.17, 15) is 4.79 Å². The fraction of sp³-hybridized carbons (Fsp3) is 0.364. The summed E-state index contributed by atoms with van der Waals surface area (Å²) in [4.78, 5) is 16.4. The van der Waals surface area contributed by atoms with Crippen molar-refractivity contribution in [3.8, 4) is 0 Å². The number of thiazole rings is 1. The fourth-order valence-electron chi connectivity index (χ4n) is 1.71. The Balaban J connectivity index is 2.16. The maximum atomic E-state index is 12.1. The van der Waals surface area contributed by atoms with Crippen LogP contribution in [-0.2, 0) is 0 Å². The first kappa shape index (κ1) is 12.6. The lowest BCUT2D eigenvalue weighted by molar-refractivity contribution is 0.0936. The molecule has 2 heterocycles. The number of hydrogen-bond acceptors (Lipinski definition) is 5. The molecule has 0 aromatic carbocycles. The predicted molar refractivity (Wildman–Crippen MR) is 70.3 cm³/mol. The molecule has 6 nitrogen and oxygen atoms in total. The van der Waals surface area contributed by atoms with Crippen molar-refractivity contribution in [1.29, 1.82) is 0 Å². The Bertz CT molecular complexity index is 514. The molecule has 7 heteroatoms. The zero-order valence-electron chi connectivity index (χ0n) is 10.2. The maximum Gasteiger partial charge on any atom is 0.257 e. The number of carbonyl (C=O) groups is 1. The zero-order valence-corrected chi connectivity index (χ0v) is 11.0.